The Kier molecular flexibility index (Phi) is 46.3. The van der Waals surface area contributed by atoms with Gasteiger partial charge < -0.3 is 40.3 Å². The summed E-state index contributed by atoms with van der Waals surface area (Å²) >= 11 is 0. The van der Waals surface area contributed by atoms with Crippen molar-refractivity contribution in [2.75, 3.05) is 13.2 Å². The van der Waals surface area contributed by atoms with Crippen LogP contribution in [0.25, 0.3) is 0 Å². The first-order valence-corrected chi connectivity index (χ1v) is 29.4. The van der Waals surface area contributed by atoms with Crippen LogP contribution >= 0.6 is 0 Å². The molecule has 0 spiro atoms. The summed E-state index contributed by atoms with van der Waals surface area (Å²) in [5.41, 5.74) is 0. The van der Waals surface area contributed by atoms with Crippen LogP contribution in [-0.2, 0) is 14.3 Å². The highest BCUT2D eigenvalue weighted by molar-refractivity contribution is 5.76. The number of rotatable bonds is 51. The molecular formula is C58H113NO8. The molecule has 67 heavy (non-hydrogen) atoms. The SMILES string of the molecule is CCCCCCCCCCCCCC/C=C\CCCCCCCCCCCCCCCC(=O)NC(COC1OC(CO)C(O)C(O)C1O)C(O)CCCCCCCCCCCCCCCCC. The fraction of sp³-hybridized carbons (Fsp3) is 0.948. The van der Waals surface area contributed by atoms with Gasteiger partial charge in [0.25, 0.3) is 0 Å². The number of ether oxygens (including phenoxy) is 2. The first-order valence-electron chi connectivity index (χ1n) is 29.4. The van der Waals surface area contributed by atoms with Gasteiger partial charge in [-0.05, 0) is 38.5 Å². The molecule has 1 amide bonds. The first-order chi connectivity index (χ1) is 32.8. The summed E-state index contributed by atoms with van der Waals surface area (Å²) in [4.78, 5) is 13.1. The Hall–Kier alpha value is -1.07. The van der Waals surface area contributed by atoms with Gasteiger partial charge in [-0.1, -0.05) is 264 Å². The summed E-state index contributed by atoms with van der Waals surface area (Å²) < 4.78 is 11.3. The molecule has 1 fully saturated rings. The van der Waals surface area contributed by atoms with Gasteiger partial charge in [0.1, 0.15) is 24.4 Å². The minimum absolute atomic E-state index is 0.133. The molecule has 0 aromatic heterocycles. The molecule has 7 unspecified atom stereocenters. The molecule has 0 bridgehead atoms. The largest absolute Gasteiger partial charge is 0.394 e. The number of aliphatic hydroxyl groups excluding tert-OH is 5. The molecule has 1 heterocycles. The maximum atomic E-state index is 13.1. The highest BCUT2D eigenvalue weighted by atomic mass is 16.7. The minimum Gasteiger partial charge on any atom is -0.394 e. The summed E-state index contributed by atoms with van der Waals surface area (Å²) in [6.45, 7) is 3.87. The van der Waals surface area contributed by atoms with Crippen molar-refractivity contribution in [2.24, 2.45) is 0 Å². The van der Waals surface area contributed by atoms with Crippen molar-refractivity contribution in [1.82, 2.24) is 5.32 Å². The van der Waals surface area contributed by atoms with Crippen molar-refractivity contribution in [3.05, 3.63) is 12.2 Å². The van der Waals surface area contributed by atoms with Crippen LogP contribution in [0.2, 0.25) is 0 Å². The van der Waals surface area contributed by atoms with Crippen LogP contribution in [0, 0.1) is 0 Å². The monoisotopic (exact) mass is 952 g/mol. The second-order valence-electron chi connectivity index (χ2n) is 20.8. The summed E-state index contributed by atoms with van der Waals surface area (Å²) in [7, 11) is 0. The van der Waals surface area contributed by atoms with E-state index in [9.17, 15) is 30.3 Å². The average molecular weight is 953 g/mol. The number of carbonyl (C=O) groups excluding carboxylic acids is 1. The van der Waals surface area contributed by atoms with Gasteiger partial charge in [0.2, 0.25) is 5.91 Å². The number of carbonyl (C=O) groups is 1. The number of unbranched alkanes of at least 4 members (excludes halogenated alkanes) is 39. The molecule has 1 saturated heterocycles. The molecule has 0 aliphatic carbocycles. The molecule has 398 valence electrons. The van der Waals surface area contributed by atoms with Crippen LogP contribution in [0.15, 0.2) is 12.2 Å². The van der Waals surface area contributed by atoms with E-state index in [-0.39, 0.29) is 12.5 Å². The molecule has 0 radical (unpaired) electrons. The molecule has 9 nitrogen and oxygen atoms in total. The Morgan fingerprint density at radius 2 is 0.836 bits per heavy atom. The molecular weight excluding hydrogens is 839 g/mol. The highest BCUT2D eigenvalue weighted by Crippen LogP contribution is 2.23. The zero-order valence-electron chi connectivity index (χ0n) is 44.2. The van der Waals surface area contributed by atoms with E-state index in [4.69, 9.17) is 9.47 Å². The van der Waals surface area contributed by atoms with Crippen LogP contribution < -0.4 is 5.32 Å². The van der Waals surface area contributed by atoms with E-state index in [1.54, 1.807) is 0 Å². The Labute approximate surface area is 414 Å². The zero-order chi connectivity index (χ0) is 48.7. The molecule has 7 atom stereocenters. The summed E-state index contributed by atoms with van der Waals surface area (Å²) in [5, 5.41) is 54.6. The molecule has 6 N–H and O–H groups in total. The van der Waals surface area contributed by atoms with Crippen molar-refractivity contribution in [1.29, 1.82) is 0 Å². The molecule has 1 rings (SSSR count). The van der Waals surface area contributed by atoms with Gasteiger partial charge in [-0.2, -0.15) is 0 Å². The van der Waals surface area contributed by atoms with Crippen molar-refractivity contribution in [2.45, 2.75) is 339 Å². The Balaban J connectivity index is 2.14. The zero-order valence-corrected chi connectivity index (χ0v) is 44.2. The van der Waals surface area contributed by atoms with Gasteiger partial charge in [0.05, 0.1) is 25.4 Å². The number of hydrogen-bond donors (Lipinski definition) is 6. The van der Waals surface area contributed by atoms with Gasteiger partial charge in [0, 0.05) is 6.42 Å². The van der Waals surface area contributed by atoms with E-state index in [1.165, 1.54) is 231 Å². The Morgan fingerprint density at radius 3 is 1.21 bits per heavy atom. The number of nitrogens with one attached hydrogen (secondary N) is 1. The quantitative estimate of drug-likeness (QED) is 0.0261. The van der Waals surface area contributed by atoms with Crippen LogP contribution in [-0.4, -0.2) is 87.5 Å². The smallest absolute Gasteiger partial charge is 0.220 e. The number of hydrogen-bond acceptors (Lipinski definition) is 8. The van der Waals surface area contributed by atoms with Crippen molar-refractivity contribution >= 4 is 5.91 Å². The molecule has 0 saturated carbocycles. The topological polar surface area (TPSA) is 149 Å². The van der Waals surface area contributed by atoms with Crippen molar-refractivity contribution < 1.29 is 39.8 Å². The second kappa shape index (κ2) is 48.6. The van der Waals surface area contributed by atoms with Crippen LogP contribution in [0.4, 0.5) is 0 Å². The standard InChI is InChI=1S/C58H113NO8/c1-3-5-7-9-11-13-15-17-19-20-21-22-23-24-25-26-27-28-29-30-31-32-34-36-38-40-42-44-46-48-54(62)59-51(50-66-58-57(65)56(64)55(63)53(49-60)67-58)52(61)47-45-43-41-39-37-35-33-18-16-14-12-10-8-6-4-2/h24-25,51-53,55-58,60-61,63-65H,3-23,26-50H2,1-2H3,(H,59,62)/b25-24-. The highest BCUT2D eigenvalue weighted by Gasteiger charge is 2.44. The predicted octanol–water partition coefficient (Wildman–Crippen LogP) is 14.4. The van der Waals surface area contributed by atoms with E-state index < -0.39 is 49.5 Å². The molecule has 1 aliphatic heterocycles. The fourth-order valence-electron chi connectivity index (χ4n) is 9.69. The summed E-state index contributed by atoms with van der Waals surface area (Å²) in [5.74, 6) is -0.139. The van der Waals surface area contributed by atoms with E-state index in [0.717, 1.165) is 38.5 Å². The average Bonchev–Trinajstić information content (AvgIpc) is 3.33. The van der Waals surface area contributed by atoms with Crippen LogP contribution in [0.5, 0.6) is 0 Å². The van der Waals surface area contributed by atoms with Crippen molar-refractivity contribution in [3.63, 3.8) is 0 Å². The van der Waals surface area contributed by atoms with E-state index in [2.05, 4.69) is 31.3 Å². The fourth-order valence-corrected chi connectivity index (χ4v) is 9.69. The van der Waals surface area contributed by atoms with Gasteiger partial charge in [0.15, 0.2) is 6.29 Å². The molecule has 1 aliphatic rings. The third-order valence-electron chi connectivity index (χ3n) is 14.4. The van der Waals surface area contributed by atoms with Gasteiger partial charge in [-0.3, -0.25) is 4.79 Å². The van der Waals surface area contributed by atoms with E-state index in [0.29, 0.717) is 12.8 Å². The lowest BCUT2D eigenvalue weighted by molar-refractivity contribution is -0.302. The summed E-state index contributed by atoms with van der Waals surface area (Å²) in [6, 6.07) is -0.715. The van der Waals surface area contributed by atoms with Crippen LogP contribution in [0.1, 0.15) is 296 Å². The maximum absolute atomic E-state index is 13.1. The van der Waals surface area contributed by atoms with Gasteiger partial charge >= 0.3 is 0 Å². The Morgan fingerprint density at radius 1 is 0.493 bits per heavy atom. The predicted molar refractivity (Wildman–Crippen MR) is 281 cm³/mol. The molecule has 0 aromatic rings. The number of aliphatic hydroxyl groups is 5. The third kappa shape index (κ3) is 38.3. The van der Waals surface area contributed by atoms with Gasteiger partial charge in [-0.25, -0.2) is 0 Å². The lowest BCUT2D eigenvalue weighted by Crippen LogP contribution is -2.60. The maximum Gasteiger partial charge on any atom is 0.220 e. The molecule has 9 heteroatoms. The number of allylic oxidation sites excluding steroid dienone is 2. The minimum atomic E-state index is -1.55. The van der Waals surface area contributed by atoms with Crippen LogP contribution in [0.3, 0.4) is 0 Å². The normalized spacial score (nSPS) is 19.7. The van der Waals surface area contributed by atoms with E-state index >= 15 is 0 Å². The molecule has 0 aromatic carbocycles. The van der Waals surface area contributed by atoms with Gasteiger partial charge in [-0.15, -0.1) is 0 Å². The summed E-state index contributed by atoms with van der Waals surface area (Å²) in [6.07, 6.45) is 52.5. The Bertz CT molecular complexity index is 1060. The van der Waals surface area contributed by atoms with Crippen molar-refractivity contribution in [3.8, 4) is 0 Å². The van der Waals surface area contributed by atoms with E-state index in [1.807, 2.05) is 0 Å². The lowest BCUT2D eigenvalue weighted by atomic mass is 9.99. The number of amides is 1. The second-order valence-corrected chi connectivity index (χ2v) is 20.8. The third-order valence-corrected chi connectivity index (χ3v) is 14.4. The lowest BCUT2D eigenvalue weighted by Gasteiger charge is -2.40. The first kappa shape index (κ1) is 63.9.